The van der Waals surface area contributed by atoms with Crippen molar-refractivity contribution in [3.63, 3.8) is 0 Å². The molecular weight excluding hydrogens is 256 g/mol. The lowest BCUT2D eigenvalue weighted by Crippen LogP contribution is -2.52. The number of amides is 2. The smallest absolute Gasteiger partial charge is 0.317 e. The number of carboxylic acid groups (broad SMARTS) is 1. The van der Waals surface area contributed by atoms with Crippen LogP contribution < -0.4 is 5.32 Å². The van der Waals surface area contributed by atoms with Crippen molar-refractivity contribution < 1.29 is 14.7 Å². The van der Waals surface area contributed by atoms with E-state index >= 15 is 0 Å². The fraction of sp³-hybridized carbons (Fsp3) is 0.867. The Bertz CT molecular complexity index is 338. The first-order valence-corrected chi connectivity index (χ1v) is 7.71. The lowest BCUT2D eigenvalue weighted by molar-refractivity contribution is -0.153. The Balaban J connectivity index is 2.47. The molecule has 0 radical (unpaired) electrons. The monoisotopic (exact) mass is 284 g/mol. The van der Waals surface area contributed by atoms with Crippen LogP contribution >= 0.6 is 0 Å². The number of nitrogens with one attached hydrogen (secondary N) is 1. The van der Waals surface area contributed by atoms with Gasteiger partial charge < -0.3 is 15.3 Å². The molecule has 0 aliphatic heterocycles. The summed E-state index contributed by atoms with van der Waals surface area (Å²) in [6.45, 7) is 7.09. The van der Waals surface area contributed by atoms with Crippen molar-refractivity contribution in [2.45, 2.75) is 65.3 Å². The molecule has 1 fully saturated rings. The number of urea groups is 1. The van der Waals surface area contributed by atoms with Crippen molar-refractivity contribution in [2.75, 3.05) is 13.1 Å². The summed E-state index contributed by atoms with van der Waals surface area (Å²) in [4.78, 5) is 25.3. The molecule has 0 aromatic rings. The van der Waals surface area contributed by atoms with Gasteiger partial charge in [0, 0.05) is 19.1 Å². The number of hydrogen-bond acceptors (Lipinski definition) is 2. The van der Waals surface area contributed by atoms with Crippen molar-refractivity contribution in [3.8, 4) is 0 Å². The molecule has 0 aromatic carbocycles. The summed E-state index contributed by atoms with van der Waals surface area (Å²) in [6, 6.07) is -0.00217. The molecule has 2 N–H and O–H groups in total. The minimum atomic E-state index is -0.786. The Morgan fingerprint density at radius 1 is 1.30 bits per heavy atom. The highest BCUT2D eigenvalue weighted by Crippen LogP contribution is 2.40. The van der Waals surface area contributed by atoms with Crippen LogP contribution in [0.15, 0.2) is 0 Å². The molecule has 0 atom stereocenters. The quantitative estimate of drug-likeness (QED) is 0.673. The van der Waals surface area contributed by atoms with E-state index in [1.165, 1.54) is 0 Å². The van der Waals surface area contributed by atoms with E-state index in [2.05, 4.69) is 12.2 Å². The largest absolute Gasteiger partial charge is 0.481 e. The van der Waals surface area contributed by atoms with Gasteiger partial charge in [0.1, 0.15) is 0 Å². The number of carbonyl (C=O) groups is 2. The third-order valence-corrected chi connectivity index (χ3v) is 4.23. The average molecular weight is 284 g/mol. The summed E-state index contributed by atoms with van der Waals surface area (Å²) < 4.78 is 0. The molecule has 1 rings (SSSR count). The predicted molar refractivity (Wildman–Crippen MR) is 78.7 cm³/mol. The van der Waals surface area contributed by atoms with Crippen LogP contribution in [0.1, 0.15) is 59.3 Å². The highest BCUT2D eigenvalue weighted by Gasteiger charge is 2.44. The second-order valence-corrected chi connectivity index (χ2v) is 6.09. The Morgan fingerprint density at radius 2 is 1.95 bits per heavy atom. The maximum atomic E-state index is 12.2. The van der Waals surface area contributed by atoms with Gasteiger partial charge in [-0.05, 0) is 33.1 Å². The van der Waals surface area contributed by atoms with Gasteiger partial charge in [0.05, 0.1) is 5.41 Å². The van der Waals surface area contributed by atoms with Crippen molar-refractivity contribution in [3.05, 3.63) is 0 Å². The zero-order chi connectivity index (χ0) is 15.2. The Hall–Kier alpha value is -1.26. The Kier molecular flexibility index (Phi) is 6.30. The maximum Gasteiger partial charge on any atom is 0.317 e. The summed E-state index contributed by atoms with van der Waals surface area (Å²) in [7, 11) is 0. The normalized spacial score (nSPS) is 16.6. The minimum absolute atomic E-state index is 0.133. The lowest BCUT2D eigenvalue weighted by atomic mass is 9.69. The van der Waals surface area contributed by atoms with Crippen molar-refractivity contribution >= 4 is 12.0 Å². The average Bonchev–Trinajstić information content (AvgIpc) is 2.32. The Labute approximate surface area is 121 Å². The first-order chi connectivity index (χ1) is 9.43. The lowest BCUT2D eigenvalue weighted by Gasteiger charge is -2.38. The molecule has 1 aliphatic rings. The fourth-order valence-electron chi connectivity index (χ4n) is 2.54. The molecule has 0 heterocycles. The molecule has 5 nitrogen and oxygen atoms in total. The fourth-order valence-corrected chi connectivity index (χ4v) is 2.54. The van der Waals surface area contributed by atoms with Crippen LogP contribution in [0.25, 0.3) is 0 Å². The zero-order valence-corrected chi connectivity index (χ0v) is 12.9. The van der Waals surface area contributed by atoms with Crippen LogP contribution in [-0.2, 0) is 4.79 Å². The molecule has 0 spiro atoms. The van der Waals surface area contributed by atoms with Gasteiger partial charge in [0.15, 0.2) is 0 Å². The van der Waals surface area contributed by atoms with Crippen LogP contribution in [-0.4, -0.2) is 41.1 Å². The second-order valence-electron chi connectivity index (χ2n) is 6.09. The Morgan fingerprint density at radius 3 is 2.35 bits per heavy atom. The number of unbranched alkanes of at least 4 members (excludes halogenated alkanes) is 2. The molecule has 2 amide bonds. The van der Waals surface area contributed by atoms with E-state index < -0.39 is 11.4 Å². The van der Waals surface area contributed by atoms with E-state index in [0.29, 0.717) is 12.8 Å². The van der Waals surface area contributed by atoms with Gasteiger partial charge >= 0.3 is 12.0 Å². The van der Waals surface area contributed by atoms with Crippen LogP contribution in [0, 0.1) is 5.41 Å². The number of aliphatic carboxylic acids is 1. The van der Waals surface area contributed by atoms with Crippen molar-refractivity contribution in [1.82, 2.24) is 10.2 Å². The van der Waals surface area contributed by atoms with Gasteiger partial charge in [-0.1, -0.05) is 26.2 Å². The highest BCUT2D eigenvalue weighted by atomic mass is 16.4. The van der Waals surface area contributed by atoms with Gasteiger partial charge in [0.2, 0.25) is 0 Å². The van der Waals surface area contributed by atoms with E-state index in [4.69, 9.17) is 0 Å². The zero-order valence-electron chi connectivity index (χ0n) is 12.9. The van der Waals surface area contributed by atoms with E-state index in [9.17, 15) is 14.7 Å². The number of nitrogens with zero attached hydrogens (tertiary/aromatic N) is 1. The molecule has 20 heavy (non-hydrogen) atoms. The van der Waals surface area contributed by atoms with Crippen LogP contribution in [0.5, 0.6) is 0 Å². The molecule has 0 aromatic heterocycles. The molecule has 0 bridgehead atoms. The third kappa shape index (κ3) is 4.12. The van der Waals surface area contributed by atoms with Crippen LogP contribution in [0.3, 0.4) is 0 Å². The number of rotatable bonds is 8. The second kappa shape index (κ2) is 7.50. The SMILES string of the molecule is CCCCCN(C(=O)NCC1(C(=O)O)CCC1)C(C)C. The number of hydrogen-bond donors (Lipinski definition) is 2. The van der Waals surface area contributed by atoms with Crippen molar-refractivity contribution in [1.29, 1.82) is 0 Å². The van der Waals surface area contributed by atoms with E-state index in [1.54, 1.807) is 4.90 Å². The standard InChI is InChI=1S/C15H28N2O3/c1-4-5-6-10-17(12(2)3)14(20)16-11-15(13(18)19)8-7-9-15/h12H,4-11H2,1-3H3,(H,16,20)(H,18,19). The highest BCUT2D eigenvalue weighted by molar-refractivity contribution is 5.79. The minimum Gasteiger partial charge on any atom is -0.481 e. The molecule has 1 saturated carbocycles. The van der Waals surface area contributed by atoms with E-state index in [1.807, 2.05) is 13.8 Å². The predicted octanol–water partition coefficient (Wildman–Crippen LogP) is 2.85. The third-order valence-electron chi connectivity index (χ3n) is 4.23. The van der Waals surface area contributed by atoms with Gasteiger partial charge in [0.25, 0.3) is 0 Å². The molecule has 1 aliphatic carbocycles. The van der Waals surface area contributed by atoms with Gasteiger partial charge in [-0.3, -0.25) is 4.79 Å². The van der Waals surface area contributed by atoms with Gasteiger partial charge in [-0.2, -0.15) is 0 Å². The molecule has 5 heteroatoms. The first kappa shape index (κ1) is 16.8. The topological polar surface area (TPSA) is 69.6 Å². The number of carbonyl (C=O) groups excluding carboxylic acids is 1. The summed E-state index contributed by atoms with van der Waals surface area (Å²) in [5.74, 6) is -0.786. The summed E-state index contributed by atoms with van der Waals surface area (Å²) in [6.07, 6.45) is 5.49. The molecule has 0 unspecified atom stereocenters. The van der Waals surface area contributed by atoms with Gasteiger partial charge in [-0.15, -0.1) is 0 Å². The summed E-state index contributed by atoms with van der Waals surface area (Å²) in [5.41, 5.74) is -0.721. The number of carboxylic acids is 1. The maximum absolute atomic E-state index is 12.2. The summed E-state index contributed by atoms with van der Waals surface area (Å²) >= 11 is 0. The van der Waals surface area contributed by atoms with E-state index in [0.717, 1.165) is 32.2 Å². The van der Waals surface area contributed by atoms with Gasteiger partial charge in [-0.25, -0.2) is 4.79 Å². The molecule has 0 saturated heterocycles. The molecular formula is C15H28N2O3. The van der Waals surface area contributed by atoms with Crippen LogP contribution in [0.2, 0.25) is 0 Å². The van der Waals surface area contributed by atoms with Crippen LogP contribution in [0.4, 0.5) is 4.79 Å². The summed E-state index contributed by atoms with van der Waals surface area (Å²) in [5, 5.41) is 12.1. The molecule has 116 valence electrons. The van der Waals surface area contributed by atoms with Crippen molar-refractivity contribution in [2.24, 2.45) is 5.41 Å². The first-order valence-electron chi connectivity index (χ1n) is 7.71. The van der Waals surface area contributed by atoms with E-state index in [-0.39, 0.29) is 18.6 Å².